The van der Waals surface area contributed by atoms with Crippen LogP contribution in [-0.2, 0) is 4.74 Å². The van der Waals surface area contributed by atoms with Gasteiger partial charge in [0.2, 0.25) is 0 Å². The lowest BCUT2D eigenvalue weighted by Gasteiger charge is -2.21. The van der Waals surface area contributed by atoms with Crippen LogP contribution in [-0.4, -0.2) is 19.3 Å². The predicted molar refractivity (Wildman–Crippen MR) is 71.2 cm³/mol. The summed E-state index contributed by atoms with van der Waals surface area (Å²) in [5, 5.41) is 4.22. The van der Waals surface area contributed by atoms with Crippen LogP contribution in [0.15, 0.2) is 22.7 Å². The molecule has 2 unspecified atom stereocenters. The van der Waals surface area contributed by atoms with Crippen LogP contribution in [0.1, 0.15) is 13.3 Å². The van der Waals surface area contributed by atoms with Crippen LogP contribution in [0.2, 0.25) is 5.02 Å². The van der Waals surface area contributed by atoms with Crippen molar-refractivity contribution in [1.82, 2.24) is 0 Å². The highest BCUT2D eigenvalue weighted by Crippen LogP contribution is 2.31. The normalized spacial score (nSPS) is 22.1. The molecular weight excluding hydrogens is 289 g/mol. The number of rotatable bonds is 3. The minimum atomic E-state index is 0.400. The van der Waals surface area contributed by atoms with Gasteiger partial charge in [0.05, 0.1) is 21.8 Å². The number of nitrogens with one attached hydrogen (secondary N) is 1. The summed E-state index contributed by atoms with van der Waals surface area (Å²) in [6, 6.07) is 6.26. The highest BCUT2D eigenvalue weighted by Gasteiger charge is 2.22. The van der Waals surface area contributed by atoms with Crippen LogP contribution < -0.4 is 5.32 Å². The first-order valence-corrected chi connectivity index (χ1v) is 6.64. The first kappa shape index (κ1) is 12.2. The molecule has 1 aliphatic heterocycles. The van der Waals surface area contributed by atoms with E-state index in [9.17, 15) is 0 Å². The first-order valence-electron chi connectivity index (χ1n) is 5.47. The fraction of sp³-hybridized carbons (Fsp3) is 0.500. The number of hydrogen-bond acceptors (Lipinski definition) is 2. The van der Waals surface area contributed by atoms with E-state index in [4.69, 9.17) is 16.3 Å². The molecule has 1 fully saturated rings. The monoisotopic (exact) mass is 303 g/mol. The van der Waals surface area contributed by atoms with E-state index in [1.807, 2.05) is 18.2 Å². The maximum absolute atomic E-state index is 6.05. The minimum Gasteiger partial charge on any atom is -0.381 e. The third-order valence-electron chi connectivity index (χ3n) is 3.01. The second-order valence-electron chi connectivity index (χ2n) is 4.16. The molecule has 1 saturated heterocycles. The molecule has 4 heteroatoms. The molecule has 1 N–H and O–H groups in total. The Kier molecular flexibility index (Phi) is 4.11. The topological polar surface area (TPSA) is 21.3 Å². The van der Waals surface area contributed by atoms with Gasteiger partial charge in [-0.3, -0.25) is 0 Å². The number of hydrogen-bond donors (Lipinski definition) is 1. The summed E-state index contributed by atoms with van der Waals surface area (Å²) in [7, 11) is 0. The van der Waals surface area contributed by atoms with Crippen molar-refractivity contribution in [2.75, 3.05) is 18.5 Å². The van der Waals surface area contributed by atoms with E-state index in [0.717, 1.165) is 34.8 Å². The molecule has 1 aromatic rings. The first-order chi connectivity index (χ1) is 7.68. The lowest BCUT2D eigenvalue weighted by atomic mass is 10.0. The molecule has 0 saturated carbocycles. The lowest BCUT2D eigenvalue weighted by molar-refractivity contribution is 0.183. The van der Waals surface area contributed by atoms with Crippen molar-refractivity contribution >= 4 is 33.2 Å². The average molecular weight is 305 g/mol. The molecule has 2 atom stereocenters. The molecule has 0 spiro atoms. The number of halogens is 2. The van der Waals surface area contributed by atoms with Gasteiger partial charge < -0.3 is 10.1 Å². The highest BCUT2D eigenvalue weighted by atomic mass is 79.9. The van der Waals surface area contributed by atoms with Gasteiger partial charge in [0.1, 0.15) is 0 Å². The van der Waals surface area contributed by atoms with E-state index in [0.29, 0.717) is 12.0 Å². The standard InChI is InChI=1S/C12H15BrClNO/c1-8(9-5-6-16-7-9)15-11-4-2-3-10(14)12(11)13/h2-4,8-9,15H,5-7H2,1H3. The maximum atomic E-state index is 6.05. The molecule has 16 heavy (non-hydrogen) atoms. The van der Waals surface area contributed by atoms with Gasteiger partial charge in [-0.05, 0) is 41.4 Å². The van der Waals surface area contributed by atoms with Crippen LogP contribution in [0.25, 0.3) is 0 Å². The molecule has 0 radical (unpaired) electrons. The van der Waals surface area contributed by atoms with Crippen molar-refractivity contribution < 1.29 is 4.74 Å². The Hall–Kier alpha value is -0.250. The van der Waals surface area contributed by atoms with Gasteiger partial charge >= 0.3 is 0 Å². The van der Waals surface area contributed by atoms with Crippen molar-refractivity contribution in [1.29, 1.82) is 0 Å². The Morgan fingerprint density at radius 3 is 3.06 bits per heavy atom. The Labute approximate surface area is 109 Å². The molecule has 1 aromatic carbocycles. The second-order valence-corrected chi connectivity index (χ2v) is 5.36. The molecule has 88 valence electrons. The van der Waals surface area contributed by atoms with Gasteiger partial charge in [-0.25, -0.2) is 0 Å². The predicted octanol–water partition coefficient (Wildman–Crippen LogP) is 3.94. The quantitative estimate of drug-likeness (QED) is 0.913. The summed E-state index contributed by atoms with van der Waals surface area (Å²) in [6.45, 7) is 3.92. The second kappa shape index (κ2) is 5.39. The van der Waals surface area contributed by atoms with Gasteiger partial charge in [0.15, 0.2) is 0 Å². The fourth-order valence-electron chi connectivity index (χ4n) is 1.93. The van der Waals surface area contributed by atoms with Crippen molar-refractivity contribution in [3.63, 3.8) is 0 Å². The third-order valence-corrected chi connectivity index (χ3v) is 4.40. The summed E-state index contributed by atoms with van der Waals surface area (Å²) < 4.78 is 6.32. The molecule has 1 aliphatic rings. The van der Waals surface area contributed by atoms with Crippen molar-refractivity contribution in [3.05, 3.63) is 27.7 Å². The zero-order chi connectivity index (χ0) is 11.5. The SMILES string of the molecule is CC(Nc1cccc(Cl)c1Br)C1CCOC1. The van der Waals surface area contributed by atoms with Crippen LogP contribution in [0.3, 0.4) is 0 Å². The molecule has 1 heterocycles. The molecule has 2 nitrogen and oxygen atoms in total. The molecule has 2 rings (SSSR count). The van der Waals surface area contributed by atoms with Crippen LogP contribution in [0, 0.1) is 5.92 Å². The molecule has 0 aliphatic carbocycles. The van der Waals surface area contributed by atoms with Gasteiger partial charge in [-0.1, -0.05) is 17.7 Å². The zero-order valence-electron chi connectivity index (χ0n) is 9.17. The lowest BCUT2D eigenvalue weighted by Crippen LogP contribution is -2.26. The summed E-state index contributed by atoms with van der Waals surface area (Å²) in [6.07, 6.45) is 1.13. The summed E-state index contributed by atoms with van der Waals surface area (Å²) in [5.41, 5.74) is 1.05. The van der Waals surface area contributed by atoms with E-state index in [-0.39, 0.29) is 0 Å². The van der Waals surface area contributed by atoms with E-state index in [2.05, 4.69) is 28.2 Å². The van der Waals surface area contributed by atoms with Gasteiger partial charge in [-0.15, -0.1) is 0 Å². The number of anilines is 1. The van der Waals surface area contributed by atoms with Crippen molar-refractivity contribution in [2.45, 2.75) is 19.4 Å². The Balaban J connectivity index is 2.05. The van der Waals surface area contributed by atoms with E-state index < -0.39 is 0 Å². The summed E-state index contributed by atoms with van der Waals surface area (Å²) in [5.74, 6) is 0.589. The number of ether oxygens (including phenoxy) is 1. The zero-order valence-corrected chi connectivity index (χ0v) is 11.5. The van der Waals surface area contributed by atoms with E-state index in [1.54, 1.807) is 0 Å². The molecule has 0 aromatic heterocycles. The summed E-state index contributed by atoms with van der Waals surface area (Å²) >= 11 is 9.54. The fourth-order valence-corrected chi connectivity index (χ4v) is 2.48. The van der Waals surface area contributed by atoms with Crippen LogP contribution in [0.5, 0.6) is 0 Å². The Morgan fingerprint density at radius 2 is 2.38 bits per heavy atom. The molecular formula is C12H15BrClNO. The van der Waals surface area contributed by atoms with Crippen molar-refractivity contribution in [2.24, 2.45) is 5.92 Å². The number of benzene rings is 1. The van der Waals surface area contributed by atoms with Gasteiger partial charge in [-0.2, -0.15) is 0 Å². The van der Waals surface area contributed by atoms with Crippen LogP contribution in [0.4, 0.5) is 5.69 Å². The van der Waals surface area contributed by atoms with E-state index >= 15 is 0 Å². The van der Waals surface area contributed by atoms with Gasteiger partial charge in [0, 0.05) is 18.6 Å². The van der Waals surface area contributed by atoms with Gasteiger partial charge in [0.25, 0.3) is 0 Å². The van der Waals surface area contributed by atoms with E-state index in [1.165, 1.54) is 0 Å². The molecule has 0 bridgehead atoms. The minimum absolute atomic E-state index is 0.400. The Bertz CT molecular complexity index is 366. The summed E-state index contributed by atoms with van der Waals surface area (Å²) in [4.78, 5) is 0. The smallest absolute Gasteiger partial charge is 0.0593 e. The molecule has 0 amide bonds. The maximum Gasteiger partial charge on any atom is 0.0593 e. The average Bonchev–Trinajstić information content (AvgIpc) is 2.78. The largest absolute Gasteiger partial charge is 0.381 e. The van der Waals surface area contributed by atoms with Crippen LogP contribution >= 0.6 is 27.5 Å². The van der Waals surface area contributed by atoms with Crippen molar-refractivity contribution in [3.8, 4) is 0 Å². The highest BCUT2D eigenvalue weighted by molar-refractivity contribution is 9.10. The third kappa shape index (κ3) is 2.70. The Morgan fingerprint density at radius 1 is 1.56 bits per heavy atom.